The first-order valence-electron chi connectivity index (χ1n) is 2.52. The highest BCUT2D eigenvalue weighted by atomic mass is 14.8. The number of hydrogen-bond acceptors (Lipinski definition) is 2. The van der Waals surface area contributed by atoms with Crippen LogP contribution in [-0.2, 0) is 0 Å². The second kappa shape index (κ2) is 4.46. The summed E-state index contributed by atoms with van der Waals surface area (Å²) in [5, 5.41) is 0. The summed E-state index contributed by atoms with van der Waals surface area (Å²) in [4.78, 5) is 7.51. The molecule has 0 aliphatic carbocycles. The average Bonchev–Trinajstić information content (AvgIpc) is 1.83. The molecule has 0 aromatic carbocycles. The largest absolute Gasteiger partial charge is 0.355 e. The molecule has 8 heavy (non-hydrogen) atoms. The van der Waals surface area contributed by atoms with Gasteiger partial charge < -0.3 is 5.73 Å². The minimum atomic E-state index is 0.111. The summed E-state index contributed by atoms with van der Waals surface area (Å²) in [6.45, 7) is 4.11. The molecule has 0 spiro atoms. The van der Waals surface area contributed by atoms with Gasteiger partial charge in [-0.05, 0) is 6.72 Å². The predicted octanol–water partition coefficient (Wildman–Crippen LogP) is -1.00. The number of hydrogen-bond donors (Lipinski definition) is 1. The minimum absolute atomic E-state index is 0.111. The van der Waals surface area contributed by atoms with Crippen LogP contribution in [0.4, 0.5) is 0 Å². The van der Waals surface area contributed by atoms with Crippen LogP contribution >= 0.6 is 0 Å². The van der Waals surface area contributed by atoms with Crippen LogP contribution in [0.5, 0.6) is 0 Å². The third-order valence-electron chi connectivity index (χ3n) is 0.851. The van der Waals surface area contributed by atoms with Gasteiger partial charge >= 0.3 is 0 Å². The lowest BCUT2D eigenvalue weighted by Crippen LogP contribution is -2.55. The Morgan fingerprint density at radius 1 is 1.88 bits per heavy atom. The van der Waals surface area contributed by atoms with Crippen molar-refractivity contribution in [3.63, 3.8) is 0 Å². The van der Waals surface area contributed by atoms with E-state index in [4.69, 9.17) is 0 Å². The van der Waals surface area contributed by atoms with E-state index in [0.29, 0.717) is 0 Å². The first kappa shape index (κ1) is 7.30. The van der Waals surface area contributed by atoms with Crippen LogP contribution in [0, 0.1) is 0 Å². The lowest BCUT2D eigenvalue weighted by molar-refractivity contribution is -0.367. The fourth-order valence-corrected chi connectivity index (χ4v) is 0.385. The van der Waals surface area contributed by atoms with Crippen molar-refractivity contribution in [3.05, 3.63) is 0 Å². The van der Waals surface area contributed by atoms with Crippen LogP contribution in [-0.4, -0.2) is 32.6 Å². The molecule has 0 aliphatic rings. The molecule has 3 heteroatoms. The van der Waals surface area contributed by atoms with E-state index in [-0.39, 0.29) is 6.04 Å². The highest BCUT2D eigenvalue weighted by Crippen LogP contribution is 1.77. The minimum Gasteiger partial charge on any atom is -0.355 e. The summed E-state index contributed by atoms with van der Waals surface area (Å²) in [6, 6.07) is 0.111. The van der Waals surface area contributed by atoms with E-state index >= 15 is 0 Å². The molecule has 0 fully saturated rings. The van der Waals surface area contributed by atoms with E-state index < -0.39 is 0 Å². The summed E-state index contributed by atoms with van der Waals surface area (Å²) >= 11 is 0. The molecule has 0 aromatic rings. The summed E-state index contributed by atoms with van der Waals surface area (Å²) in [6.07, 6.45) is 1.74. The summed E-state index contributed by atoms with van der Waals surface area (Å²) in [7, 11) is 1.72. The number of quaternary nitrogens is 1. The Morgan fingerprint density at radius 3 is 2.62 bits per heavy atom. The van der Waals surface area contributed by atoms with Crippen molar-refractivity contribution in [2.75, 3.05) is 13.6 Å². The van der Waals surface area contributed by atoms with Crippen LogP contribution < -0.4 is 5.73 Å². The van der Waals surface area contributed by atoms with E-state index in [1.54, 1.807) is 13.3 Å². The molecular formula is C5H12N3+. The van der Waals surface area contributed by atoms with Gasteiger partial charge in [-0.3, -0.25) is 9.98 Å². The lowest BCUT2D eigenvalue weighted by Gasteiger charge is -1.94. The van der Waals surface area contributed by atoms with E-state index in [0.717, 1.165) is 6.54 Å². The van der Waals surface area contributed by atoms with Gasteiger partial charge in [0.05, 0.1) is 0 Å². The van der Waals surface area contributed by atoms with Crippen LogP contribution in [0.15, 0.2) is 9.98 Å². The van der Waals surface area contributed by atoms with Crippen LogP contribution in [0.1, 0.15) is 0 Å². The van der Waals surface area contributed by atoms with Gasteiger partial charge in [0.1, 0.15) is 12.6 Å². The molecule has 0 bridgehead atoms. The zero-order valence-electron chi connectivity index (χ0n) is 5.17. The molecule has 0 rings (SSSR count). The Kier molecular flexibility index (Phi) is 4.07. The van der Waals surface area contributed by atoms with Crippen molar-refractivity contribution in [3.8, 4) is 0 Å². The molecule has 0 heterocycles. The van der Waals surface area contributed by atoms with Crippen molar-refractivity contribution in [2.24, 2.45) is 9.98 Å². The van der Waals surface area contributed by atoms with Crippen LogP contribution in [0.25, 0.3) is 0 Å². The fraction of sp³-hybridized carbons (Fsp3) is 0.600. The van der Waals surface area contributed by atoms with Crippen LogP contribution in [0.2, 0.25) is 0 Å². The molecule has 0 saturated carbocycles. The van der Waals surface area contributed by atoms with Gasteiger partial charge in [0.2, 0.25) is 0 Å². The van der Waals surface area contributed by atoms with E-state index in [9.17, 15) is 0 Å². The maximum Gasteiger partial charge on any atom is 0.132 e. The van der Waals surface area contributed by atoms with Gasteiger partial charge in [0, 0.05) is 13.3 Å². The fourth-order valence-electron chi connectivity index (χ4n) is 0.385. The second-order valence-electron chi connectivity index (χ2n) is 1.45. The molecule has 0 aromatic heterocycles. The maximum atomic E-state index is 3.78. The molecule has 46 valence electrons. The van der Waals surface area contributed by atoms with E-state index in [1.165, 1.54) is 0 Å². The van der Waals surface area contributed by atoms with Gasteiger partial charge in [-0.1, -0.05) is 0 Å². The molecule has 3 nitrogen and oxygen atoms in total. The monoisotopic (exact) mass is 114 g/mol. The second-order valence-corrected chi connectivity index (χ2v) is 1.45. The van der Waals surface area contributed by atoms with Crippen molar-refractivity contribution in [2.45, 2.75) is 6.04 Å². The molecule has 0 aliphatic heterocycles. The molecule has 0 amide bonds. The number of aliphatic imine (C=N–C) groups is 2. The molecule has 0 saturated heterocycles. The zero-order chi connectivity index (χ0) is 6.41. The third kappa shape index (κ3) is 2.47. The van der Waals surface area contributed by atoms with E-state index in [2.05, 4.69) is 22.4 Å². The number of rotatable bonds is 3. The summed E-state index contributed by atoms with van der Waals surface area (Å²) in [5.74, 6) is 0. The third-order valence-corrected chi connectivity index (χ3v) is 0.851. The SMILES string of the molecule is C=NC(C=NC)C[NH3+]. The van der Waals surface area contributed by atoms with Crippen molar-refractivity contribution < 1.29 is 5.73 Å². The Labute approximate surface area is 49.3 Å². The van der Waals surface area contributed by atoms with Gasteiger partial charge in [-0.2, -0.15) is 0 Å². The molecular weight excluding hydrogens is 102 g/mol. The highest BCUT2D eigenvalue weighted by Gasteiger charge is 1.96. The molecule has 1 unspecified atom stereocenters. The average molecular weight is 114 g/mol. The highest BCUT2D eigenvalue weighted by molar-refractivity contribution is 5.65. The Balaban J connectivity index is 3.52. The lowest BCUT2D eigenvalue weighted by atomic mass is 10.3. The smallest absolute Gasteiger partial charge is 0.132 e. The summed E-state index contributed by atoms with van der Waals surface area (Å²) in [5.41, 5.74) is 3.65. The van der Waals surface area contributed by atoms with Crippen molar-refractivity contribution >= 4 is 12.9 Å². The Morgan fingerprint density at radius 2 is 2.50 bits per heavy atom. The Bertz CT molecular complexity index is 87.7. The normalized spacial score (nSPS) is 14.2. The topological polar surface area (TPSA) is 52.4 Å². The van der Waals surface area contributed by atoms with Crippen molar-refractivity contribution in [1.82, 2.24) is 0 Å². The summed E-state index contributed by atoms with van der Waals surface area (Å²) < 4.78 is 0. The maximum absolute atomic E-state index is 3.78. The van der Waals surface area contributed by atoms with Gasteiger partial charge in [-0.15, -0.1) is 0 Å². The van der Waals surface area contributed by atoms with Gasteiger partial charge in [-0.25, -0.2) is 0 Å². The van der Waals surface area contributed by atoms with Gasteiger partial charge in [0.25, 0.3) is 0 Å². The van der Waals surface area contributed by atoms with E-state index in [1.807, 2.05) is 0 Å². The zero-order valence-corrected chi connectivity index (χ0v) is 5.17. The number of nitrogens with zero attached hydrogens (tertiary/aromatic N) is 2. The molecule has 1 atom stereocenters. The first-order chi connectivity index (χ1) is 3.85. The van der Waals surface area contributed by atoms with Crippen LogP contribution in [0.3, 0.4) is 0 Å². The standard InChI is InChI=1S/C5H11N3/c1-7-4-5(3-6)8-2/h4-5H,2-3,6H2,1H3/p+1. The Hall–Kier alpha value is -0.700. The molecule has 3 N–H and O–H groups in total. The molecule has 0 radical (unpaired) electrons. The van der Waals surface area contributed by atoms with Crippen molar-refractivity contribution in [1.29, 1.82) is 0 Å². The van der Waals surface area contributed by atoms with Gasteiger partial charge in [0.15, 0.2) is 0 Å². The predicted molar refractivity (Wildman–Crippen MR) is 35.5 cm³/mol. The quantitative estimate of drug-likeness (QED) is 0.457. The first-order valence-corrected chi connectivity index (χ1v) is 2.52.